The standard InChI is InChI=1S/C22H18FN5S/c1-14-3-6-17(11-15(14)2)19-12-20-21-24-25-22(27(21)9-10-28(20)26-19)29-13-16-4-7-18(23)8-5-16/h3-12H,13H2,1-2H3. The minimum Gasteiger partial charge on any atom is -0.274 e. The predicted octanol–water partition coefficient (Wildman–Crippen LogP) is 5.09. The van der Waals surface area contributed by atoms with E-state index < -0.39 is 0 Å². The van der Waals surface area contributed by atoms with Crippen molar-refractivity contribution in [3.05, 3.63) is 83.4 Å². The fourth-order valence-electron chi connectivity index (χ4n) is 3.26. The molecule has 0 aliphatic rings. The molecule has 0 amide bonds. The fraction of sp³-hybridized carbons (Fsp3) is 0.136. The molecule has 29 heavy (non-hydrogen) atoms. The number of rotatable bonds is 4. The molecule has 0 fully saturated rings. The van der Waals surface area contributed by atoms with Crippen LogP contribution in [0.15, 0.2) is 66.1 Å². The van der Waals surface area contributed by atoms with Crippen molar-refractivity contribution in [3.8, 4) is 11.3 Å². The van der Waals surface area contributed by atoms with Gasteiger partial charge in [0.2, 0.25) is 0 Å². The van der Waals surface area contributed by atoms with Crippen molar-refractivity contribution in [2.75, 3.05) is 0 Å². The van der Waals surface area contributed by atoms with E-state index in [1.54, 1.807) is 23.9 Å². The second-order valence-electron chi connectivity index (χ2n) is 7.05. The first-order valence-electron chi connectivity index (χ1n) is 9.26. The SMILES string of the molecule is Cc1ccc(-c2cc3c4nnc(SCc5ccc(F)cc5)n4ccn3n2)cc1C. The summed E-state index contributed by atoms with van der Waals surface area (Å²) < 4.78 is 16.9. The van der Waals surface area contributed by atoms with Gasteiger partial charge in [-0.25, -0.2) is 8.91 Å². The van der Waals surface area contributed by atoms with Gasteiger partial charge in [-0.2, -0.15) is 5.10 Å². The van der Waals surface area contributed by atoms with Crippen LogP contribution in [0.3, 0.4) is 0 Å². The van der Waals surface area contributed by atoms with Gasteiger partial charge in [0, 0.05) is 23.7 Å². The van der Waals surface area contributed by atoms with Gasteiger partial charge in [-0.15, -0.1) is 10.2 Å². The summed E-state index contributed by atoms with van der Waals surface area (Å²) in [5, 5.41) is 14.2. The Morgan fingerprint density at radius 3 is 2.55 bits per heavy atom. The number of aromatic nitrogens is 5. The van der Waals surface area contributed by atoms with E-state index in [4.69, 9.17) is 5.10 Å². The third-order valence-electron chi connectivity index (χ3n) is 5.07. The molecular formula is C22H18FN5S. The number of thioether (sulfide) groups is 1. The van der Waals surface area contributed by atoms with Crippen molar-refractivity contribution >= 4 is 22.9 Å². The van der Waals surface area contributed by atoms with Gasteiger partial charge in [-0.05, 0) is 54.8 Å². The second-order valence-corrected chi connectivity index (χ2v) is 7.99. The normalized spacial score (nSPS) is 11.6. The van der Waals surface area contributed by atoms with E-state index in [1.165, 1.54) is 23.3 Å². The minimum absolute atomic E-state index is 0.227. The lowest BCUT2D eigenvalue weighted by atomic mass is 10.0. The molecule has 0 spiro atoms. The molecule has 0 saturated heterocycles. The van der Waals surface area contributed by atoms with Crippen LogP contribution in [-0.2, 0) is 5.75 Å². The smallest absolute Gasteiger partial charge is 0.196 e. The Kier molecular flexibility index (Phi) is 4.32. The van der Waals surface area contributed by atoms with Crippen LogP contribution in [0.25, 0.3) is 22.4 Å². The van der Waals surface area contributed by atoms with Crippen LogP contribution in [0.1, 0.15) is 16.7 Å². The summed E-state index contributed by atoms with van der Waals surface area (Å²) in [5.74, 6) is 0.466. The van der Waals surface area contributed by atoms with E-state index in [0.29, 0.717) is 5.75 Å². The molecule has 2 aromatic carbocycles. The van der Waals surface area contributed by atoms with Crippen LogP contribution in [0, 0.1) is 19.7 Å². The van der Waals surface area contributed by atoms with E-state index in [2.05, 4.69) is 42.2 Å². The van der Waals surface area contributed by atoms with Gasteiger partial charge in [0.15, 0.2) is 10.8 Å². The van der Waals surface area contributed by atoms with Crippen LogP contribution in [0.5, 0.6) is 0 Å². The average Bonchev–Trinajstić information content (AvgIpc) is 3.33. The van der Waals surface area contributed by atoms with E-state index in [-0.39, 0.29) is 5.82 Å². The Morgan fingerprint density at radius 2 is 1.76 bits per heavy atom. The second kappa shape index (κ2) is 7.00. The van der Waals surface area contributed by atoms with Gasteiger partial charge in [0.1, 0.15) is 11.3 Å². The highest BCUT2D eigenvalue weighted by molar-refractivity contribution is 7.98. The molecule has 0 saturated carbocycles. The van der Waals surface area contributed by atoms with Crippen molar-refractivity contribution in [1.29, 1.82) is 0 Å². The summed E-state index contributed by atoms with van der Waals surface area (Å²) in [5.41, 5.74) is 7.20. The van der Waals surface area contributed by atoms with Crippen molar-refractivity contribution in [2.45, 2.75) is 24.8 Å². The molecule has 3 aromatic heterocycles. The lowest BCUT2D eigenvalue weighted by Gasteiger charge is -2.02. The quantitative estimate of drug-likeness (QED) is 0.392. The molecule has 0 unspecified atom stereocenters. The Bertz CT molecular complexity index is 1340. The van der Waals surface area contributed by atoms with Gasteiger partial charge in [0.05, 0.1) is 5.69 Å². The van der Waals surface area contributed by atoms with Crippen molar-refractivity contribution in [1.82, 2.24) is 24.2 Å². The monoisotopic (exact) mass is 403 g/mol. The zero-order valence-corrected chi connectivity index (χ0v) is 16.8. The molecule has 0 N–H and O–H groups in total. The first kappa shape index (κ1) is 17.9. The van der Waals surface area contributed by atoms with Crippen molar-refractivity contribution in [3.63, 3.8) is 0 Å². The number of halogens is 1. The zero-order chi connectivity index (χ0) is 20.0. The molecule has 0 aliphatic carbocycles. The lowest BCUT2D eigenvalue weighted by molar-refractivity contribution is 0.627. The van der Waals surface area contributed by atoms with Crippen LogP contribution < -0.4 is 0 Å². The third kappa shape index (κ3) is 3.27. The molecule has 0 bridgehead atoms. The maximum atomic E-state index is 13.1. The largest absolute Gasteiger partial charge is 0.274 e. The van der Waals surface area contributed by atoms with E-state index in [1.807, 2.05) is 27.4 Å². The average molecular weight is 403 g/mol. The molecule has 7 heteroatoms. The minimum atomic E-state index is -0.227. The number of hydrogen-bond acceptors (Lipinski definition) is 4. The maximum absolute atomic E-state index is 13.1. The van der Waals surface area contributed by atoms with Gasteiger partial charge >= 0.3 is 0 Å². The molecule has 0 aliphatic heterocycles. The van der Waals surface area contributed by atoms with Gasteiger partial charge in [-0.3, -0.25) is 4.40 Å². The lowest BCUT2D eigenvalue weighted by Crippen LogP contribution is -1.94. The van der Waals surface area contributed by atoms with E-state index in [0.717, 1.165) is 33.1 Å². The number of aryl methyl sites for hydroxylation is 2. The van der Waals surface area contributed by atoms with E-state index in [9.17, 15) is 4.39 Å². The van der Waals surface area contributed by atoms with Crippen molar-refractivity contribution in [2.24, 2.45) is 0 Å². The highest BCUT2D eigenvalue weighted by Crippen LogP contribution is 2.26. The highest BCUT2D eigenvalue weighted by atomic mass is 32.2. The van der Waals surface area contributed by atoms with Gasteiger partial charge in [-0.1, -0.05) is 36.0 Å². The van der Waals surface area contributed by atoms with Crippen molar-refractivity contribution < 1.29 is 4.39 Å². The molecule has 5 rings (SSSR count). The molecular weight excluding hydrogens is 385 g/mol. The molecule has 144 valence electrons. The Labute approximate surface area is 171 Å². The number of nitrogens with zero attached hydrogens (tertiary/aromatic N) is 5. The van der Waals surface area contributed by atoms with Crippen LogP contribution >= 0.6 is 11.8 Å². The number of hydrogen-bond donors (Lipinski definition) is 0. The fourth-order valence-corrected chi connectivity index (χ4v) is 4.13. The van der Waals surface area contributed by atoms with Gasteiger partial charge < -0.3 is 0 Å². The predicted molar refractivity (Wildman–Crippen MR) is 113 cm³/mol. The summed E-state index contributed by atoms with van der Waals surface area (Å²) >= 11 is 1.57. The summed E-state index contributed by atoms with van der Waals surface area (Å²) in [6, 6.07) is 14.9. The maximum Gasteiger partial charge on any atom is 0.196 e. The summed E-state index contributed by atoms with van der Waals surface area (Å²) in [4.78, 5) is 0. The van der Waals surface area contributed by atoms with Gasteiger partial charge in [0.25, 0.3) is 0 Å². The summed E-state index contributed by atoms with van der Waals surface area (Å²) in [6.07, 6.45) is 3.84. The molecule has 3 heterocycles. The Morgan fingerprint density at radius 1 is 0.931 bits per heavy atom. The molecule has 0 radical (unpaired) electrons. The van der Waals surface area contributed by atoms with Crippen LogP contribution in [-0.4, -0.2) is 24.2 Å². The first-order chi connectivity index (χ1) is 14.1. The molecule has 5 nitrogen and oxygen atoms in total. The summed E-state index contributed by atoms with van der Waals surface area (Å²) in [6.45, 7) is 4.21. The highest BCUT2D eigenvalue weighted by Gasteiger charge is 2.13. The molecule has 5 aromatic rings. The Balaban J connectivity index is 1.49. The summed E-state index contributed by atoms with van der Waals surface area (Å²) in [7, 11) is 0. The topological polar surface area (TPSA) is 47.5 Å². The number of fused-ring (bicyclic) bond motifs is 3. The van der Waals surface area contributed by atoms with E-state index >= 15 is 0 Å². The van der Waals surface area contributed by atoms with Crippen LogP contribution in [0.4, 0.5) is 4.39 Å². The zero-order valence-electron chi connectivity index (χ0n) is 16.0. The Hall–Kier alpha value is -3.19. The molecule has 0 atom stereocenters. The third-order valence-corrected chi connectivity index (χ3v) is 6.08. The van der Waals surface area contributed by atoms with Crippen LogP contribution in [0.2, 0.25) is 0 Å². The first-order valence-corrected chi connectivity index (χ1v) is 10.2. The number of benzene rings is 2.